The fourth-order valence-electron chi connectivity index (χ4n) is 1.05. The molecule has 88 valence electrons. The summed E-state index contributed by atoms with van der Waals surface area (Å²) in [7, 11) is -1.66. The van der Waals surface area contributed by atoms with E-state index in [9.17, 15) is 13.2 Å². The first-order valence-electron chi connectivity index (χ1n) is 4.54. The van der Waals surface area contributed by atoms with E-state index in [0.29, 0.717) is 0 Å². The maximum Gasteiger partial charge on any atom is 0.488 e. The fourth-order valence-corrected chi connectivity index (χ4v) is 1.05. The summed E-state index contributed by atoms with van der Waals surface area (Å²) in [4.78, 5) is 0. The number of benzene rings is 1. The van der Waals surface area contributed by atoms with E-state index in [1.807, 2.05) is 0 Å². The van der Waals surface area contributed by atoms with Gasteiger partial charge in [0.15, 0.2) is 0 Å². The average molecular weight is 234 g/mol. The van der Waals surface area contributed by atoms with Crippen molar-refractivity contribution in [2.75, 3.05) is 6.61 Å². The first-order chi connectivity index (χ1) is 7.38. The highest BCUT2D eigenvalue weighted by Gasteiger charge is 2.26. The molecule has 1 aromatic rings. The van der Waals surface area contributed by atoms with Crippen molar-refractivity contribution in [2.45, 2.75) is 12.6 Å². The van der Waals surface area contributed by atoms with Crippen LogP contribution in [0.15, 0.2) is 24.3 Å². The molecule has 0 saturated heterocycles. The third kappa shape index (κ3) is 4.54. The van der Waals surface area contributed by atoms with Gasteiger partial charge in [-0.2, -0.15) is 13.2 Å². The number of alkyl halides is 3. The summed E-state index contributed by atoms with van der Waals surface area (Å²) in [5, 5.41) is 17.6. The van der Waals surface area contributed by atoms with Crippen molar-refractivity contribution in [3.05, 3.63) is 24.3 Å². The van der Waals surface area contributed by atoms with E-state index in [2.05, 4.69) is 0 Å². The van der Waals surface area contributed by atoms with E-state index >= 15 is 0 Å². The lowest BCUT2D eigenvalue weighted by Gasteiger charge is -2.09. The molecule has 7 heteroatoms. The zero-order valence-electron chi connectivity index (χ0n) is 8.24. The maximum atomic E-state index is 11.8. The van der Waals surface area contributed by atoms with E-state index in [1.165, 1.54) is 24.3 Å². The molecule has 0 bridgehead atoms. The largest absolute Gasteiger partial charge is 0.493 e. The van der Waals surface area contributed by atoms with E-state index in [0.717, 1.165) is 0 Å². The van der Waals surface area contributed by atoms with Gasteiger partial charge in [0.1, 0.15) is 5.75 Å². The SMILES string of the molecule is OB(O)c1cccc(OCCC(F)(F)F)c1. The van der Waals surface area contributed by atoms with Gasteiger partial charge in [0.2, 0.25) is 0 Å². The Labute approximate surface area is 90.6 Å². The molecule has 1 aromatic carbocycles. The molecule has 0 atom stereocenters. The second-order valence-corrected chi connectivity index (χ2v) is 3.16. The third-order valence-corrected chi connectivity index (χ3v) is 1.81. The normalized spacial score (nSPS) is 11.3. The summed E-state index contributed by atoms with van der Waals surface area (Å²) in [6.45, 7) is -0.492. The van der Waals surface area contributed by atoms with E-state index in [-0.39, 0.29) is 11.2 Å². The summed E-state index contributed by atoms with van der Waals surface area (Å²) in [6.07, 6.45) is -5.30. The van der Waals surface area contributed by atoms with Gasteiger partial charge in [-0.15, -0.1) is 0 Å². The molecule has 0 unspecified atom stereocenters. The van der Waals surface area contributed by atoms with Crippen LogP contribution in [0.25, 0.3) is 0 Å². The Morgan fingerprint density at radius 3 is 2.50 bits per heavy atom. The minimum Gasteiger partial charge on any atom is -0.493 e. The van der Waals surface area contributed by atoms with E-state index < -0.39 is 26.3 Å². The number of ether oxygens (including phenoxy) is 1. The minimum atomic E-state index is -4.26. The lowest BCUT2D eigenvalue weighted by molar-refractivity contribution is -0.139. The highest BCUT2D eigenvalue weighted by molar-refractivity contribution is 6.58. The van der Waals surface area contributed by atoms with Crippen molar-refractivity contribution in [1.29, 1.82) is 0 Å². The fraction of sp³-hybridized carbons (Fsp3) is 0.333. The van der Waals surface area contributed by atoms with Crippen LogP contribution in [0.2, 0.25) is 0 Å². The summed E-state index contributed by atoms with van der Waals surface area (Å²) < 4.78 is 40.2. The Kier molecular flexibility index (Phi) is 4.20. The van der Waals surface area contributed by atoms with Crippen LogP contribution in [0, 0.1) is 0 Å². The molecule has 0 aliphatic heterocycles. The molecule has 0 spiro atoms. The zero-order chi connectivity index (χ0) is 12.2. The first-order valence-corrected chi connectivity index (χ1v) is 4.54. The predicted molar refractivity (Wildman–Crippen MR) is 52.4 cm³/mol. The zero-order valence-corrected chi connectivity index (χ0v) is 8.24. The van der Waals surface area contributed by atoms with Crippen LogP contribution in [-0.4, -0.2) is 29.9 Å². The van der Waals surface area contributed by atoms with Gasteiger partial charge in [0.25, 0.3) is 0 Å². The summed E-state index contributed by atoms with van der Waals surface area (Å²) in [5.74, 6) is 0.176. The van der Waals surface area contributed by atoms with Crippen LogP contribution in [0.3, 0.4) is 0 Å². The second-order valence-electron chi connectivity index (χ2n) is 3.16. The van der Waals surface area contributed by atoms with Gasteiger partial charge in [-0.3, -0.25) is 0 Å². The van der Waals surface area contributed by atoms with Crippen LogP contribution in [0.5, 0.6) is 5.75 Å². The van der Waals surface area contributed by atoms with Gasteiger partial charge >= 0.3 is 13.3 Å². The molecule has 16 heavy (non-hydrogen) atoms. The van der Waals surface area contributed by atoms with Gasteiger partial charge in [-0.25, -0.2) is 0 Å². The number of hydrogen-bond acceptors (Lipinski definition) is 3. The Balaban J connectivity index is 2.51. The molecule has 0 aromatic heterocycles. The highest BCUT2D eigenvalue weighted by Crippen LogP contribution is 2.19. The van der Waals surface area contributed by atoms with Crippen molar-refractivity contribution in [3.8, 4) is 5.75 Å². The number of rotatable bonds is 4. The average Bonchev–Trinajstić information content (AvgIpc) is 2.16. The smallest absolute Gasteiger partial charge is 0.488 e. The molecule has 2 N–H and O–H groups in total. The molecule has 0 aliphatic carbocycles. The molecule has 3 nitrogen and oxygen atoms in total. The van der Waals surface area contributed by atoms with Crippen molar-refractivity contribution < 1.29 is 28.0 Å². The molecule has 0 radical (unpaired) electrons. The van der Waals surface area contributed by atoms with Crippen molar-refractivity contribution >= 4 is 12.6 Å². The highest BCUT2D eigenvalue weighted by atomic mass is 19.4. The Hall–Kier alpha value is -1.21. The first kappa shape index (κ1) is 12.9. The molecule has 0 saturated carbocycles. The van der Waals surface area contributed by atoms with Gasteiger partial charge < -0.3 is 14.8 Å². The van der Waals surface area contributed by atoms with Crippen molar-refractivity contribution in [3.63, 3.8) is 0 Å². The van der Waals surface area contributed by atoms with Gasteiger partial charge in [-0.1, -0.05) is 12.1 Å². The third-order valence-electron chi connectivity index (χ3n) is 1.81. The quantitative estimate of drug-likeness (QED) is 0.753. The standard InChI is InChI=1S/C9H10BF3O3/c11-9(12,13)4-5-16-8-3-1-2-7(6-8)10(14)15/h1-3,6,14-15H,4-5H2. The topological polar surface area (TPSA) is 49.7 Å². The van der Waals surface area contributed by atoms with Gasteiger partial charge in [0.05, 0.1) is 13.0 Å². The summed E-state index contributed by atoms with van der Waals surface area (Å²) in [6, 6.07) is 5.63. The molecule has 0 fully saturated rings. The molecule has 0 aliphatic rings. The monoisotopic (exact) mass is 234 g/mol. The predicted octanol–water partition coefficient (Wildman–Crippen LogP) is 0.698. The minimum absolute atomic E-state index is 0.171. The van der Waals surface area contributed by atoms with Gasteiger partial charge in [-0.05, 0) is 17.6 Å². The lowest BCUT2D eigenvalue weighted by atomic mass is 9.80. The van der Waals surface area contributed by atoms with E-state index in [1.54, 1.807) is 0 Å². The Morgan fingerprint density at radius 2 is 1.94 bits per heavy atom. The Morgan fingerprint density at radius 1 is 1.25 bits per heavy atom. The van der Waals surface area contributed by atoms with Crippen LogP contribution >= 0.6 is 0 Å². The van der Waals surface area contributed by atoms with Crippen LogP contribution in [-0.2, 0) is 0 Å². The van der Waals surface area contributed by atoms with E-state index in [4.69, 9.17) is 14.8 Å². The molecular formula is C9H10BF3O3. The maximum absolute atomic E-state index is 11.8. The molecule has 0 heterocycles. The van der Waals surface area contributed by atoms with Crippen LogP contribution in [0.4, 0.5) is 13.2 Å². The van der Waals surface area contributed by atoms with Crippen LogP contribution in [0.1, 0.15) is 6.42 Å². The van der Waals surface area contributed by atoms with Gasteiger partial charge in [0, 0.05) is 0 Å². The summed E-state index contributed by atoms with van der Waals surface area (Å²) in [5.41, 5.74) is 0.171. The lowest BCUT2D eigenvalue weighted by Crippen LogP contribution is -2.29. The van der Waals surface area contributed by atoms with Crippen molar-refractivity contribution in [2.24, 2.45) is 0 Å². The molecule has 1 rings (SSSR count). The summed E-state index contributed by atoms with van der Waals surface area (Å²) >= 11 is 0. The van der Waals surface area contributed by atoms with Crippen LogP contribution < -0.4 is 10.2 Å². The number of hydrogen-bond donors (Lipinski definition) is 2. The number of halogens is 3. The molecular weight excluding hydrogens is 224 g/mol. The second kappa shape index (κ2) is 5.22. The Bertz CT molecular complexity index is 341. The van der Waals surface area contributed by atoms with Crippen molar-refractivity contribution in [1.82, 2.24) is 0 Å². The molecule has 0 amide bonds.